The van der Waals surface area contributed by atoms with Gasteiger partial charge in [0.25, 0.3) is 11.8 Å². The number of nitrogens with zero attached hydrogens (tertiary/aromatic N) is 5. The molecule has 0 aliphatic heterocycles. The van der Waals surface area contributed by atoms with E-state index in [1.54, 1.807) is 52.5 Å². The molecule has 3 N–H and O–H groups in total. The van der Waals surface area contributed by atoms with Crippen LogP contribution in [0.2, 0.25) is 0 Å². The van der Waals surface area contributed by atoms with Gasteiger partial charge in [0.1, 0.15) is 0 Å². The molecule has 9 nitrogen and oxygen atoms in total. The Morgan fingerprint density at radius 3 is 1.65 bits per heavy atom. The van der Waals surface area contributed by atoms with Gasteiger partial charge < -0.3 is 15.5 Å². The average molecular weight is 422 g/mol. The van der Waals surface area contributed by atoms with Gasteiger partial charge in [-0.3, -0.25) is 9.59 Å². The van der Waals surface area contributed by atoms with Crippen molar-refractivity contribution in [2.24, 2.45) is 5.73 Å². The molecule has 2 amide bonds. The number of nitrogens with one attached hydrogen (secondary N) is 1. The first-order chi connectivity index (χ1) is 14.8. The first-order valence-corrected chi connectivity index (χ1v) is 9.89. The second-order valence-electron chi connectivity index (χ2n) is 7.73. The van der Waals surface area contributed by atoms with Crippen molar-refractivity contribution >= 4 is 11.8 Å². The van der Waals surface area contributed by atoms with Gasteiger partial charge in [0, 0.05) is 39.3 Å². The maximum Gasteiger partial charge on any atom is 0.253 e. The number of H-pyrrole nitrogens is 1. The minimum absolute atomic E-state index is 0.0814. The van der Waals surface area contributed by atoms with Crippen molar-refractivity contribution < 1.29 is 9.59 Å². The summed E-state index contributed by atoms with van der Waals surface area (Å²) in [6.45, 7) is 0.366. The lowest BCUT2D eigenvalue weighted by atomic mass is 9.71. The number of rotatable bonds is 7. The Morgan fingerprint density at radius 2 is 1.32 bits per heavy atom. The second kappa shape index (κ2) is 9.05. The first kappa shape index (κ1) is 22.1. The Balaban J connectivity index is 2.15. The fourth-order valence-corrected chi connectivity index (χ4v) is 3.70. The fraction of sp³-hybridized carbons (Fsp3) is 0.318. The van der Waals surface area contributed by atoms with E-state index in [0.717, 1.165) is 11.1 Å². The SMILES string of the molecule is CN(C)C(=O)c1ccc(C(CCN)(c2ccc(C(=O)N(C)C)cc2)c2nn[nH]n2)cc1. The molecule has 9 heteroatoms. The van der Waals surface area contributed by atoms with Gasteiger partial charge in [-0.2, -0.15) is 5.21 Å². The normalized spacial score (nSPS) is 11.3. The Morgan fingerprint density at radius 1 is 0.871 bits per heavy atom. The summed E-state index contributed by atoms with van der Waals surface area (Å²) in [6, 6.07) is 14.7. The van der Waals surface area contributed by atoms with Crippen LogP contribution in [0.15, 0.2) is 48.5 Å². The Hall–Kier alpha value is -3.59. The summed E-state index contributed by atoms with van der Waals surface area (Å²) in [7, 11) is 6.85. The van der Waals surface area contributed by atoms with Crippen molar-refractivity contribution in [3.63, 3.8) is 0 Å². The van der Waals surface area contributed by atoms with Gasteiger partial charge in [-0.25, -0.2) is 0 Å². The molecule has 0 atom stereocenters. The van der Waals surface area contributed by atoms with Crippen molar-refractivity contribution in [1.82, 2.24) is 30.4 Å². The highest BCUT2D eigenvalue weighted by molar-refractivity contribution is 5.94. The number of hydrogen-bond donors (Lipinski definition) is 2. The van der Waals surface area contributed by atoms with E-state index in [2.05, 4.69) is 20.6 Å². The summed E-state index contributed by atoms with van der Waals surface area (Å²) in [4.78, 5) is 27.7. The lowest BCUT2D eigenvalue weighted by Crippen LogP contribution is -2.34. The Kier molecular flexibility index (Phi) is 6.45. The summed E-state index contributed by atoms with van der Waals surface area (Å²) in [6.07, 6.45) is 0.508. The van der Waals surface area contributed by atoms with Crippen LogP contribution in [0.1, 0.15) is 44.1 Å². The molecular weight excluding hydrogens is 394 g/mol. The number of tetrazole rings is 1. The Bertz CT molecular complexity index is 963. The molecule has 0 spiro atoms. The highest BCUT2D eigenvalue weighted by atomic mass is 16.2. The van der Waals surface area contributed by atoms with E-state index in [1.165, 1.54) is 9.80 Å². The largest absolute Gasteiger partial charge is 0.345 e. The quantitative estimate of drug-likeness (QED) is 0.593. The maximum absolute atomic E-state index is 12.3. The lowest BCUT2D eigenvalue weighted by Gasteiger charge is -2.32. The number of aromatic amines is 1. The van der Waals surface area contributed by atoms with Crippen LogP contribution in [0.25, 0.3) is 0 Å². The van der Waals surface area contributed by atoms with E-state index >= 15 is 0 Å². The predicted molar refractivity (Wildman–Crippen MR) is 117 cm³/mol. The number of amides is 2. The highest BCUT2D eigenvalue weighted by Crippen LogP contribution is 2.40. The molecule has 3 rings (SSSR count). The number of carbonyl (C=O) groups is 2. The molecule has 1 heterocycles. The van der Waals surface area contributed by atoms with Crippen LogP contribution in [0.5, 0.6) is 0 Å². The van der Waals surface area contributed by atoms with Gasteiger partial charge in [-0.05, 0) is 48.4 Å². The number of benzene rings is 2. The molecular formula is C22H27N7O2. The lowest BCUT2D eigenvalue weighted by molar-refractivity contribution is 0.0820. The molecule has 2 aromatic carbocycles. The van der Waals surface area contributed by atoms with Crippen LogP contribution in [0, 0.1) is 0 Å². The van der Waals surface area contributed by atoms with Crippen LogP contribution in [-0.4, -0.2) is 77.0 Å². The molecule has 0 unspecified atom stereocenters. The first-order valence-electron chi connectivity index (χ1n) is 9.89. The molecule has 0 fully saturated rings. The van der Waals surface area contributed by atoms with E-state index in [1.807, 2.05) is 24.3 Å². The second-order valence-corrected chi connectivity index (χ2v) is 7.73. The molecule has 0 saturated heterocycles. The number of nitrogens with two attached hydrogens (primary N) is 1. The van der Waals surface area contributed by atoms with Crippen molar-refractivity contribution in [2.45, 2.75) is 11.8 Å². The van der Waals surface area contributed by atoms with Crippen LogP contribution in [-0.2, 0) is 5.41 Å². The fourth-order valence-electron chi connectivity index (χ4n) is 3.70. The molecule has 3 aromatic rings. The Labute approximate surface area is 181 Å². The maximum atomic E-state index is 12.3. The summed E-state index contributed by atoms with van der Waals surface area (Å²) in [5, 5.41) is 14.8. The molecule has 0 bridgehead atoms. The molecule has 162 valence electrons. The van der Waals surface area contributed by atoms with Crippen LogP contribution < -0.4 is 5.73 Å². The zero-order valence-electron chi connectivity index (χ0n) is 18.2. The van der Waals surface area contributed by atoms with E-state index in [0.29, 0.717) is 29.9 Å². The van der Waals surface area contributed by atoms with Gasteiger partial charge in [-0.1, -0.05) is 29.5 Å². The molecule has 0 aliphatic rings. The zero-order valence-corrected chi connectivity index (χ0v) is 18.2. The molecule has 31 heavy (non-hydrogen) atoms. The smallest absolute Gasteiger partial charge is 0.253 e. The zero-order chi connectivity index (χ0) is 22.6. The molecule has 0 aliphatic carbocycles. The van der Waals surface area contributed by atoms with Crippen molar-refractivity contribution in [1.29, 1.82) is 0 Å². The van der Waals surface area contributed by atoms with Gasteiger partial charge >= 0.3 is 0 Å². The predicted octanol–water partition coefficient (Wildman–Crippen LogP) is 1.29. The summed E-state index contributed by atoms with van der Waals surface area (Å²) < 4.78 is 0. The van der Waals surface area contributed by atoms with E-state index in [4.69, 9.17) is 5.73 Å². The summed E-state index contributed by atoms with van der Waals surface area (Å²) in [5.41, 5.74) is 8.14. The topological polar surface area (TPSA) is 121 Å². The van der Waals surface area contributed by atoms with E-state index < -0.39 is 5.41 Å². The van der Waals surface area contributed by atoms with Gasteiger partial charge in [-0.15, -0.1) is 10.2 Å². The number of aromatic nitrogens is 4. The van der Waals surface area contributed by atoms with Gasteiger partial charge in [0.15, 0.2) is 5.82 Å². The van der Waals surface area contributed by atoms with Crippen molar-refractivity contribution in [2.75, 3.05) is 34.7 Å². The number of carbonyl (C=O) groups excluding carboxylic acids is 2. The molecule has 0 radical (unpaired) electrons. The van der Waals surface area contributed by atoms with Gasteiger partial charge in [0.05, 0.1) is 5.41 Å². The standard InChI is InChI=1S/C22H27N7O2/c1-28(2)19(30)15-5-9-17(10-6-15)22(13-14-23,21-24-26-27-25-21)18-11-7-16(8-12-18)20(31)29(3)4/h5-12H,13-14,23H2,1-4H3,(H,24,25,26,27). The third kappa shape index (κ3) is 4.17. The highest BCUT2D eigenvalue weighted by Gasteiger charge is 2.40. The number of hydrogen-bond acceptors (Lipinski definition) is 6. The minimum Gasteiger partial charge on any atom is -0.345 e. The van der Waals surface area contributed by atoms with Crippen LogP contribution in [0.3, 0.4) is 0 Å². The third-order valence-corrected chi connectivity index (χ3v) is 5.31. The van der Waals surface area contributed by atoms with Crippen LogP contribution >= 0.6 is 0 Å². The monoisotopic (exact) mass is 421 g/mol. The summed E-state index contributed by atoms with van der Waals surface area (Å²) >= 11 is 0. The average Bonchev–Trinajstić information content (AvgIpc) is 3.32. The molecule has 0 saturated carbocycles. The third-order valence-electron chi connectivity index (χ3n) is 5.31. The van der Waals surface area contributed by atoms with Crippen molar-refractivity contribution in [3.8, 4) is 0 Å². The van der Waals surface area contributed by atoms with Crippen molar-refractivity contribution in [3.05, 3.63) is 76.6 Å². The van der Waals surface area contributed by atoms with E-state index in [9.17, 15) is 9.59 Å². The van der Waals surface area contributed by atoms with Crippen LogP contribution in [0.4, 0.5) is 0 Å². The van der Waals surface area contributed by atoms with Gasteiger partial charge in [0.2, 0.25) is 0 Å². The minimum atomic E-state index is -0.791. The summed E-state index contributed by atoms with van der Waals surface area (Å²) in [5.74, 6) is 0.306. The molecule has 1 aromatic heterocycles. The van der Waals surface area contributed by atoms with E-state index in [-0.39, 0.29) is 11.8 Å².